The molecule has 0 N–H and O–H groups in total. The molecule has 0 heterocycles. The molecule has 0 amide bonds. The molecule has 0 saturated heterocycles. The van der Waals surface area contributed by atoms with Gasteiger partial charge in [-0.1, -0.05) is 28.8 Å². The summed E-state index contributed by atoms with van der Waals surface area (Å²) in [6.07, 6.45) is 1.87. The van der Waals surface area contributed by atoms with Crippen LogP contribution >= 0.6 is 0 Å². The van der Waals surface area contributed by atoms with Crippen LogP contribution in [0.4, 0.5) is 0 Å². The lowest BCUT2D eigenvalue weighted by atomic mass is 9.98. The lowest BCUT2D eigenvalue weighted by Gasteiger charge is -2.16. The highest BCUT2D eigenvalue weighted by Gasteiger charge is 2.10. The van der Waals surface area contributed by atoms with E-state index in [9.17, 15) is 0 Å². The zero-order valence-corrected chi connectivity index (χ0v) is 13.6. The fraction of sp³-hybridized carbons (Fsp3) is 0.471. The van der Waals surface area contributed by atoms with Crippen LogP contribution in [-0.2, 0) is 9.78 Å². The molecule has 0 aromatic heterocycles. The summed E-state index contributed by atoms with van der Waals surface area (Å²) in [5, 5.41) is 0. The van der Waals surface area contributed by atoms with Gasteiger partial charge >= 0.3 is 0 Å². The highest BCUT2D eigenvalue weighted by atomic mass is 17.2. The molecule has 21 heavy (non-hydrogen) atoms. The largest absolute Gasteiger partial charge is 0.387 e. The molecule has 0 unspecified atom stereocenters. The maximum Gasteiger partial charge on any atom is 0.210 e. The lowest BCUT2D eigenvalue weighted by molar-refractivity contribution is -0.291. The summed E-state index contributed by atoms with van der Waals surface area (Å²) < 4.78 is 0. The van der Waals surface area contributed by atoms with E-state index < -0.39 is 0 Å². The first kappa shape index (κ1) is 17.2. The van der Waals surface area contributed by atoms with Crippen LogP contribution in [-0.4, -0.2) is 31.7 Å². The summed E-state index contributed by atoms with van der Waals surface area (Å²) in [6, 6.07) is 4.22. The molecule has 0 spiro atoms. The van der Waals surface area contributed by atoms with Crippen molar-refractivity contribution in [2.75, 3.05) is 26.8 Å². The van der Waals surface area contributed by atoms with Crippen molar-refractivity contribution in [2.24, 2.45) is 0 Å². The van der Waals surface area contributed by atoms with Gasteiger partial charge in [-0.15, -0.1) is 0 Å². The van der Waals surface area contributed by atoms with E-state index in [4.69, 9.17) is 16.3 Å². The van der Waals surface area contributed by atoms with Crippen molar-refractivity contribution in [1.82, 2.24) is 4.90 Å². The summed E-state index contributed by atoms with van der Waals surface area (Å²) in [6.45, 7) is 17.2. The van der Waals surface area contributed by atoms with E-state index in [-0.39, 0.29) is 0 Å². The summed E-state index contributed by atoms with van der Waals surface area (Å²) >= 11 is 0. The predicted octanol–water partition coefficient (Wildman–Crippen LogP) is 3.73. The van der Waals surface area contributed by atoms with Crippen molar-refractivity contribution in [2.45, 2.75) is 27.7 Å². The third-order valence-electron chi connectivity index (χ3n) is 3.12. The second kappa shape index (κ2) is 8.46. The van der Waals surface area contributed by atoms with E-state index in [1.165, 1.54) is 5.56 Å². The molecule has 0 radical (unpaired) electrons. The number of hydrogen-bond acceptors (Lipinski definition) is 3. The van der Waals surface area contributed by atoms with Gasteiger partial charge in [0, 0.05) is 19.8 Å². The molecule has 114 valence electrons. The van der Waals surface area contributed by atoms with Crippen LogP contribution in [0.3, 0.4) is 0 Å². The molecular weight excluding hydrogens is 264 g/mol. The first-order valence-electron chi connectivity index (χ1n) is 7.11. The number of aryl methyl sites for hydroxylation is 3. The van der Waals surface area contributed by atoms with Crippen LogP contribution in [0.15, 0.2) is 18.3 Å². The third-order valence-corrected chi connectivity index (χ3v) is 3.12. The summed E-state index contributed by atoms with van der Waals surface area (Å²) in [7, 11) is 1.93. The molecule has 0 aliphatic carbocycles. The second-order valence-electron chi connectivity index (χ2n) is 5.11. The SMILES string of the molecule is [C-]#[N+]C(=CN(C)CCOOCC)c1c(C)cc(C)cc1C. The first-order valence-corrected chi connectivity index (χ1v) is 7.11. The van der Waals surface area contributed by atoms with Crippen LogP contribution < -0.4 is 0 Å². The second-order valence-corrected chi connectivity index (χ2v) is 5.11. The maximum atomic E-state index is 7.45. The minimum atomic E-state index is 0.470. The highest BCUT2D eigenvalue weighted by Crippen LogP contribution is 2.25. The van der Waals surface area contributed by atoms with Gasteiger partial charge in [-0.25, -0.2) is 14.6 Å². The fourth-order valence-corrected chi connectivity index (χ4v) is 2.33. The number of hydrogen-bond donors (Lipinski definition) is 0. The molecular formula is C17H24N2O2. The van der Waals surface area contributed by atoms with Crippen molar-refractivity contribution < 1.29 is 9.78 Å². The zero-order valence-electron chi connectivity index (χ0n) is 13.6. The first-order chi connectivity index (χ1) is 9.99. The standard InChI is InChI=1S/C17H24N2O2/c1-7-20-21-9-8-19(6)12-16(18-5)17-14(3)10-13(2)11-15(17)4/h10-12H,7-9H2,1-4,6H3. The van der Waals surface area contributed by atoms with Crippen molar-refractivity contribution in [3.63, 3.8) is 0 Å². The summed E-state index contributed by atoms with van der Waals surface area (Å²) in [4.78, 5) is 15.5. The van der Waals surface area contributed by atoms with Crippen molar-refractivity contribution >= 4 is 5.70 Å². The Hall–Kier alpha value is -1.83. The number of likely N-dealkylation sites (N-methyl/N-ethyl adjacent to an activating group) is 1. The Bertz CT molecular complexity index is 521. The summed E-state index contributed by atoms with van der Waals surface area (Å²) in [5.41, 5.74) is 5.16. The van der Waals surface area contributed by atoms with Gasteiger partial charge in [0.05, 0.1) is 19.8 Å². The summed E-state index contributed by atoms with van der Waals surface area (Å²) in [5.74, 6) is 0. The minimum Gasteiger partial charge on any atom is -0.387 e. The van der Waals surface area contributed by atoms with Crippen molar-refractivity contribution in [1.29, 1.82) is 0 Å². The average molecular weight is 288 g/mol. The number of nitrogens with zero attached hydrogens (tertiary/aromatic N) is 2. The normalized spacial score (nSPS) is 11.3. The fourth-order valence-electron chi connectivity index (χ4n) is 2.33. The Labute approximate surface area is 127 Å². The molecule has 0 bridgehead atoms. The number of benzene rings is 1. The monoisotopic (exact) mass is 288 g/mol. The molecule has 0 aliphatic rings. The molecule has 1 rings (SSSR count). The predicted molar refractivity (Wildman–Crippen MR) is 85.4 cm³/mol. The van der Waals surface area contributed by atoms with E-state index in [2.05, 4.69) is 23.9 Å². The Balaban J connectivity index is 2.88. The van der Waals surface area contributed by atoms with Crippen LogP contribution in [0.2, 0.25) is 0 Å². The Morgan fingerprint density at radius 1 is 1.24 bits per heavy atom. The van der Waals surface area contributed by atoms with Crippen molar-refractivity contribution in [3.8, 4) is 0 Å². The Morgan fingerprint density at radius 3 is 2.38 bits per heavy atom. The van der Waals surface area contributed by atoms with Crippen LogP contribution in [0.5, 0.6) is 0 Å². The molecule has 4 heteroatoms. The van der Waals surface area contributed by atoms with Crippen LogP contribution in [0, 0.1) is 27.3 Å². The molecule has 1 aromatic carbocycles. The molecule has 0 saturated carbocycles. The van der Waals surface area contributed by atoms with E-state index in [1.807, 2.05) is 38.9 Å². The van der Waals surface area contributed by atoms with E-state index in [1.54, 1.807) is 0 Å². The third kappa shape index (κ3) is 5.22. The van der Waals surface area contributed by atoms with Gasteiger partial charge in [-0.3, -0.25) is 0 Å². The topological polar surface area (TPSA) is 26.1 Å². The quantitative estimate of drug-likeness (QED) is 0.331. The van der Waals surface area contributed by atoms with Gasteiger partial charge in [-0.05, 0) is 33.3 Å². The average Bonchev–Trinajstić information content (AvgIpc) is 2.41. The van der Waals surface area contributed by atoms with Gasteiger partial charge in [0.2, 0.25) is 5.70 Å². The Kier molecular flexibility index (Phi) is 6.93. The zero-order chi connectivity index (χ0) is 15.8. The molecule has 1 aromatic rings. The lowest BCUT2D eigenvalue weighted by Crippen LogP contribution is -2.18. The van der Waals surface area contributed by atoms with Crippen LogP contribution in [0.25, 0.3) is 10.5 Å². The highest BCUT2D eigenvalue weighted by molar-refractivity contribution is 5.75. The maximum absolute atomic E-state index is 7.45. The molecule has 0 atom stereocenters. The Morgan fingerprint density at radius 2 is 1.86 bits per heavy atom. The number of rotatable bonds is 7. The van der Waals surface area contributed by atoms with Gasteiger partial charge < -0.3 is 4.90 Å². The van der Waals surface area contributed by atoms with Gasteiger partial charge in [0.15, 0.2) is 0 Å². The van der Waals surface area contributed by atoms with Gasteiger partial charge in [0.1, 0.15) is 0 Å². The van der Waals surface area contributed by atoms with E-state index in [0.717, 1.165) is 16.7 Å². The van der Waals surface area contributed by atoms with Gasteiger partial charge in [-0.2, -0.15) is 0 Å². The molecule has 0 fully saturated rings. The molecule has 4 nitrogen and oxygen atoms in total. The molecule has 0 aliphatic heterocycles. The van der Waals surface area contributed by atoms with E-state index >= 15 is 0 Å². The van der Waals surface area contributed by atoms with E-state index in [0.29, 0.717) is 25.5 Å². The van der Waals surface area contributed by atoms with Crippen molar-refractivity contribution in [3.05, 3.63) is 52.0 Å². The van der Waals surface area contributed by atoms with Crippen LogP contribution in [0.1, 0.15) is 29.2 Å². The smallest absolute Gasteiger partial charge is 0.210 e. The minimum absolute atomic E-state index is 0.470. The van der Waals surface area contributed by atoms with Gasteiger partial charge in [0.25, 0.3) is 0 Å².